The van der Waals surface area contributed by atoms with E-state index in [0.29, 0.717) is 29.3 Å². The SMILES string of the molecule is CC(C)c1ccc(-c2nc3ccccc3n2-c2ccccc2-c2nc(-c3ccccc3)nc(-c3ccccc3-n3c(-c4ccc(C(C)C)cc4)nc4ccccc43)n2)cc1. The molecule has 0 saturated carbocycles. The van der Waals surface area contributed by atoms with E-state index in [1.54, 1.807) is 0 Å². The number of benzene rings is 7. The minimum Gasteiger partial charge on any atom is -0.292 e. The van der Waals surface area contributed by atoms with Gasteiger partial charge in [0, 0.05) is 27.8 Å². The van der Waals surface area contributed by atoms with Gasteiger partial charge in [-0.05, 0) is 71.5 Å². The van der Waals surface area contributed by atoms with Crippen molar-refractivity contribution in [1.29, 1.82) is 0 Å². The standard InChI is InChI=1S/C53H43N7/c1-34(2)36-26-30-39(31-27-36)52-54-43-20-10-14-24-47(43)59(52)45-22-12-8-18-41(45)50-56-49(38-16-6-5-7-17-38)57-51(58-50)42-19-9-13-23-46(42)60-48-25-15-11-21-44(48)55-53(60)40-32-28-37(29-33-40)35(3)4/h5-35H,1-4H3. The molecule has 0 saturated heterocycles. The zero-order chi connectivity index (χ0) is 40.7. The van der Waals surface area contributed by atoms with E-state index in [-0.39, 0.29) is 0 Å². The Morgan fingerprint density at radius 2 is 0.717 bits per heavy atom. The summed E-state index contributed by atoms with van der Waals surface area (Å²) in [6.07, 6.45) is 0. The summed E-state index contributed by atoms with van der Waals surface area (Å²) in [5, 5.41) is 0. The number of nitrogens with zero attached hydrogens (tertiary/aromatic N) is 7. The third kappa shape index (κ3) is 6.64. The lowest BCUT2D eigenvalue weighted by Crippen LogP contribution is -2.06. The lowest BCUT2D eigenvalue weighted by molar-refractivity contribution is 0.866. The monoisotopic (exact) mass is 777 g/mol. The number of fused-ring (bicyclic) bond motifs is 2. The maximum atomic E-state index is 5.38. The Morgan fingerprint density at radius 3 is 1.17 bits per heavy atom. The summed E-state index contributed by atoms with van der Waals surface area (Å²) in [4.78, 5) is 26.3. The fourth-order valence-corrected chi connectivity index (χ4v) is 8.01. The molecule has 0 aliphatic heterocycles. The predicted molar refractivity (Wildman–Crippen MR) is 244 cm³/mol. The van der Waals surface area contributed by atoms with Crippen LogP contribution in [0.2, 0.25) is 0 Å². The van der Waals surface area contributed by atoms with E-state index in [4.69, 9.17) is 24.9 Å². The number of para-hydroxylation sites is 6. The Hall–Kier alpha value is -7.51. The summed E-state index contributed by atoms with van der Waals surface area (Å²) in [7, 11) is 0. The van der Waals surface area contributed by atoms with Crippen LogP contribution < -0.4 is 0 Å². The van der Waals surface area contributed by atoms with Crippen LogP contribution in [0.3, 0.4) is 0 Å². The van der Waals surface area contributed by atoms with Gasteiger partial charge in [0.2, 0.25) is 0 Å². The number of imidazole rings is 2. The highest BCUT2D eigenvalue weighted by Gasteiger charge is 2.23. The van der Waals surface area contributed by atoms with Gasteiger partial charge in [-0.2, -0.15) is 0 Å². The van der Waals surface area contributed by atoms with Crippen LogP contribution in [0.5, 0.6) is 0 Å². The van der Waals surface area contributed by atoms with Gasteiger partial charge in [-0.25, -0.2) is 24.9 Å². The first-order chi connectivity index (χ1) is 29.4. The molecule has 3 heterocycles. The Balaban J connectivity index is 1.20. The molecule has 0 aliphatic carbocycles. The van der Waals surface area contributed by atoms with Crippen molar-refractivity contribution in [2.45, 2.75) is 39.5 Å². The van der Waals surface area contributed by atoms with Crippen LogP contribution in [0, 0.1) is 0 Å². The molecule has 0 fully saturated rings. The molecule has 0 bridgehead atoms. The highest BCUT2D eigenvalue weighted by Crippen LogP contribution is 2.38. The molecule has 7 aromatic carbocycles. The summed E-state index contributed by atoms with van der Waals surface area (Å²) in [5.41, 5.74) is 12.9. The van der Waals surface area contributed by atoms with Gasteiger partial charge in [-0.15, -0.1) is 0 Å². The highest BCUT2D eigenvalue weighted by atomic mass is 15.1. The minimum atomic E-state index is 0.427. The zero-order valence-electron chi connectivity index (χ0n) is 34.0. The lowest BCUT2D eigenvalue weighted by Gasteiger charge is -2.17. The molecule has 0 atom stereocenters. The van der Waals surface area contributed by atoms with Crippen molar-refractivity contribution in [3.05, 3.63) is 187 Å². The maximum absolute atomic E-state index is 5.38. The van der Waals surface area contributed by atoms with Crippen LogP contribution in [0.15, 0.2) is 176 Å². The van der Waals surface area contributed by atoms with Gasteiger partial charge in [0.15, 0.2) is 17.5 Å². The van der Waals surface area contributed by atoms with Gasteiger partial charge in [0.05, 0.1) is 33.4 Å². The van der Waals surface area contributed by atoms with E-state index in [9.17, 15) is 0 Å². The van der Waals surface area contributed by atoms with Crippen LogP contribution >= 0.6 is 0 Å². The largest absolute Gasteiger partial charge is 0.292 e. The van der Waals surface area contributed by atoms with Gasteiger partial charge in [-0.1, -0.05) is 155 Å². The molecular weight excluding hydrogens is 735 g/mol. The molecule has 7 nitrogen and oxygen atoms in total. The second-order valence-electron chi connectivity index (χ2n) is 15.8. The predicted octanol–water partition coefficient (Wildman–Crippen LogP) is 13.1. The van der Waals surface area contributed by atoms with Crippen molar-refractivity contribution in [1.82, 2.24) is 34.1 Å². The number of rotatable bonds is 9. The van der Waals surface area contributed by atoms with Gasteiger partial charge < -0.3 is 0 Å². The van der Waals surface area contributed by atoms with E-state index in [2.05, 4.69) is 158 Å². The van der Waals surface area contributed by atoms with Crippen molar-refractivity contribution in [3.63, 3.8) is 0 Å². The van der Waals surface area contributed by atoms with Gasteiger partial charge in [0.25, 0.3) is 0 Å². The fourth-order valence-electron chi connectivity index (χ4n) is 8.01. The molecular formula is C53H43N7. The van der Waals surface area contributed by atoms with E-state index in [1.165, 1.54) is 11.1 Å². The Kier molecular flexibility index (Phi) is 9.41. The Morgan fingerprint density at radius 1 is 0.333 bits per heavy atom. The number of hydrogen-bond donors (Lipinski definition) is 0. The van der Waals surface area contributed by atoms with Crippen molar-refractivity contribution in [2.24, 2.45) is 0 Å². The van der Waals surface area contributed by atoms with E-state index in [0.717, 1.165) is 72.9 Å². The summed E-state index contributed by atoms with van der Waals surface area (Å²) in [6.45, 7) is 8.86. The molecule has 0 N–H and O–H groups in total. The third-order valence-corrected chi connectivity index (χ3v) is 11.2. The number of hydrogen-bond acceptors (Lipinski definition) is 5. The Labute approximate surface area is 349 Å². The number of aromatic nitrogens is 7. The molecule has 0 aliphatic rings. The molecule has 0 amide bonds. The molecule has 7 heteroatoms. The summed E-state index contributed by atoms with van der Waals surface area (Å²) in [6, 6.07) is 60.9. The van der Waals surface area contributed by atoms with Crippen molar-refractivity contribution in [2.75, 3.05) is 0 Å². The van der Waals surface area contributed by atoms with Crippen molar-refractivity contribution < 1.29 is 0 Å². The average molecular weight is 778 g/mol. The first kappa shape index (κ1) is 36.8. The van der Waals surface area contributed by atoms with Gasteiger partial charge >= 0.3 is 0 Å². The summed E-state index contributed by atoms with van der Waals surface area (Å²) >= 11 is 0. The topological polar surface area (TPSA) is 74.3 Å². The molecule has 290 valence electrons. The fraction of sp³-hybridized carbons (Fsp3) is 0.113. The minimum absolute atomic E-state index is 0.427. The van der Waals surface area contributed by atoms with E-state index < -0.39 is 0 Å². The van der Waals surface area contributed by atoms with Crippen LogP contribution in [0.25, 0.3) is 90.4 Å². The van der Waals surface area contributed by atoms with E-state index >= 15 is 0 Å². The van der Waals surface area contributed by atoms with Gasteiger partial charge in [-0.3, -0.25) is 9.13 Å². The second-order valence-corrected chi connectivity index (χ2v) is 15.8. The Bertz CT molecular complexity index is 2950. The first-order valence-corrected chi connectivity index (χ1v) is 20.6. The quantitative estimate of drug-likeness (QED) is 0.146. The van der Waals surface area contributed by atoms with Crippen molar-refractivity contribution in [3.8, 4) is 68.3 Å². The molecule has 60 heavy (non-hydrogen) atoms. The molecule has 10 rings (SSSR count). The van der Waals surface area contributed by atoms with E-state index in [1.807, 2.05) is 54.6 Å². The summed E-state index contributed by atoms with van der Waals surface area (Å²) in [5.74, 6) is 4.25. The van der Waals surface area contributed by atoms with Crippen LogP contribution in [-0.2, 0) is 0 Å². The molecule has 3 aromatic heterocycles. The smallest absolute Gasteiger partial charge is 0.166 e. The highest BCUT2D eigenvalue weighted by molar-refractivity contribution is 5.88. The third-order valence-electron chi connectivity index (χ3n) is 11.2. The molecule has 10 aromatic rings. The lowest BCUT2D eigenvalue weighted by atomic mass is 10.0. The van der Waals surface area contributed by atoms with Crippen molar-refractivity contribution >= 4 is 22.1 Å². The van der Waals surface area contributed by atoms with Gasteiger partial charge in [0.1, 0.15) is 11.6 Å². The maximum Gasteiger partial charge on any atom is 0.166 e. The zero-order valence-corrected chi connectivity index (χ0v) is 34.0. The van der Waals surface area contributed by atoms with Crippen LogP contribution in [0.1, 0.15) is 50.7 Å². The molecule has 0 radical (unpaired) electrons. The first-order valence-electron chi connectivity index (χ1n) is 20.6. The van der Waals surface area contributed by atoms with Crippen LogP contribution in [-0.4, -0.2) is 34.1 Å². The second kappa shape index (κ2) is 15.3. The normalized spacial score (nSPS) is 11.6. The summed E-state index contributed by atoms with van der Waals surface area (Å²) < 4.78 is 4.48. The molecule has 0 unspecified atom stereocenters. The van der Waals surface area contributed by atoms with Crippen LogP contribution in [0.4, 0.5) is 0 Å². The molecule has 0 spiro atoms. The average Bonchev–Trinajstić information content (AvgIpc) is 3.89.